The molecule has 28 heavy (non-hydrogen) atoms. The van der Waals surface area contributed by atoms with Gasteiger partial charge in [0.05, 0.1) is 25.1 Å². The minimum absolute atomic E-state index is 0.302. The van der Waals surface area contributed by atoms with Crippen LogP contribution in [0.5, 0.6) is 5.75 Å². The Morgan fingerprint density at radius 3 is 2.25 bits per heavy atom. The Balaban J connectivity index is 2.24. The molecule has 0 saturated carbocycles. The summed E-state index contributed by atoms with van der Waals surface area (Å²) in [4.78, 5) is 12.8. The summed E-state index contributed by atoms with van der Waals surface area (Å²) in [7, 11) is -2.12. The molecule has 2 aromatic carbocycles. The SMILES string of the molecule is COc1ccc([C@H](C)NC(=O)[C@@H](C)N(c2ccc(C)c(Cl)c2)S(C)(=O)=O)cc1. The van der Waals surface area contributed by atoms with E-state index >= 15 is 0 Å². The number of carbonyl (C=O) groups is 1. The maximum absolute atomic E-state index is 12.8. The molecule has 2 atom stereocenters. The van der Waals surface area contributed by atoms with Gasteiger partial charge in [0.15, 0.2) is 0 Å². The number of ether oxygens (including phenoxy) is 1. The standard InChI is InChI=1S/C20H25ClN2O4S/c1-13-6-9-17(12-19(13)21)23(28(5,25)26)15(3)20(24)22-14(2)16-7-10-18(27-4)11-8-16/h6-12,14-15H,1-5H3,(H,22,24)/t14-,15+/m0/s1. The second-order valence-electron chi connectivity index (χ2n) is 6.67. The normalized spacial score (nSPS) is 13.5. The Bertz CT molecular complexity index is 945. The highest BCUT2D eigenvalue weighted by Gasteiger charge is 2.30. The number of nitrogens with zero attached hydrogens (tertiary/aromatic N) is 1. The molecule has 0 aromatic heterocycles. The van der Waals surface area contributed by atoms with Gasteiger partial charge in [0.2, 0.25) is 15.9 Å². The molecule has 0 aliphatic heterocycles. The smallest absolute Gasteiger partial charge is 0.244 e. The van der Waals surface area contributed by atoms with Crippen molar-refractivity contribution >= 4 is 33.2 Å². The van der Waals surface area contributed by atoms with Crippen LogP contribution in [0.2, 0.25) is 5.02 Å². The average molecular weight is 425 g/mol. The van der Waals surface area contributed by atoms with Crippen LogP contribution in [-0.2, 0) is 14.8 Å². The Morgan fingerprint density at radius 1 is 1.14 bits per heavy atom. The van der Waals surface area contributed by atoms with Crippen LogP contribution in [0.15, 0.2) is 42.5 Å². The Kier molecular flexibility index (Phi) is 6.96. The average Bonchev–Trinajstić information content (AvgIpc) is 2.63. The highest BCUT2D eigenvalue weighted by Crippen LogP contribution is 2.27. The van der Waals surface area contributed by atoms with Gasteiger partial charge in [-0.25, -0.2) is 8.42 Å². The lowest BCUT2D eigenvalue weighted by Gasteiger charge is -2.29. The van der Waals surface area contributed by atoms with Crippen molar-refractivity contribution in [3.63, 3.8) is 0 Å². The van der Waals surface area contributed by atoms with Crippen LogP contribution in [0, 0.1) is 6.92 Å². The van der Waals surface area contributed by atoms with Gasteiger partial charge in [-0.05, 0) is 56.2 Å². The zero-order chi connectivity index (χ0) is 21.1. The van der Waals surface area contributed by atoms with Gasteiger partial charge in [-0.1, -0.05) is 29.8 Å². The summed E-state index contributed by atoms with van der Waals surface area (Å²) in [5, 5.41) is 3.30. The van der Waals surface area contributed by atoms with Crippen LogP contribution in [0.4, 0.5) is 5.69 Å². The quantitative estimate of drug-likeness (QED) is 0.735. The number of anilines is 1. The highest BCUT2D eigenvalue weighted by molar-refractivity contribution is 7.92. The van der Waals surface area contributed by atoms with Gasteiger partial charge >= 0.3 is 0 Å². The van der Waals surface area contributed by atoms with Gasteiger partial charge in [-0.2, -0.15) is 0 Å². The van der Waals surface area contributed by atoms with Crippen molar-refractivity contribution in [3.05, 3.63) is 58.6 Å². The number of sulfonamides is 1. The van der Waals surface area contributed by atoms with Crippen molar-refractivity contribution in [2.24, 2.45) is 0 Å². The van der Waals surface area contributed by atoms with Gasteiger partial charge in [-0.15, -0.1) is 0 Å². The third-order valence-electron chi connectivity index (χ3n) is 4.47. The first-order valence-corrected chi connectivity index (χ1v) is 11.0. The lowest BCUT2D eigenvalue weighted by molar-refractivity contribution is -0.122. The lowest BCUT2D eigenvalue weighted by atomic mass is 10.1. The van der Waals surface area contributed by atoms with Crippen molar-refractivity contribution in [2.45, 2.75) is 32.9 Å². The number of aryl methyl sites for hydroxylation is 1. The summed E-state index contributed by atoms with van der Waals surface area (Å²) in [5.74, 6) is 0.306. The summed E-state index contributed by atoms with van der Waals surface area (Å²) in [6.45, 7) is 5.20. The van der Waals surface area contributed by atoms with Crippen molar-refractivity contribution in [3.8, 4) is 5.75 Å². The van der Waals surface area contributed by atoms with E-state index in [1.165, 1.54) is 0 Å². The molecule has 2 rings (SSSR count). The topological polar surface area (TPSA) is 75.7 Å². The van der Waals surface area contributed by atoms with E-state index in [-0.39, 0.29) is 6.04 Å². The summed E-state index contributed by atoms with van der Waals surface area (Å²) < 4.78 is 31.0. The first kappa shape index (κ1) is 22.0. The molecule has 1 amide bonds. The zero-order valence-electron chi connectivity index (χ0n) is 16.6. The van der Waals surface area contributed by atoms with Crippen molar-refractivity contribution in [1.82, 2.24) is 5.32 Å². The molecular weight excluding hydrogens is 400 g/mol. The number of amides is 1. The minimum atomic E-state index is -3.70. The molecule has 0 aliphatic carbocycles. The van der Waals surface area contributed by atoms with E-state index in [1.807, 2.05) is 26.0 Å². The van der Waals surface area contributed by atoms with Crippen LogP contribution in [-0.4, -0.2) is 33.7 Å². The molecule has 0 saturated heterocycles. The number of hydrogen-bond donors (Lipinski definition) is 1. The summed E-state index contributed by atoms with van der Waals surface area (Å²) in [6.07, 6.45) is 1.07. The highest BCUT2D eigenvalue weighted by atomic mass is 35.5. The molecule has 8 heteroatoms. The maximum atomic E-state index is 12.8. The molecule has 0 bridgehead atoms. The molecule has 0 radical (unpaired) electrons. The van der Waals surface area contributed by atoms with E-state index in [9.17, 15) is 13.2 Å². The molecule has 2 aromatic rings. The third-order valence-corrected chi connectivity index (χ3v) is 6.12. The number of hydrogen-bond acceptors (Lipinski definition) is 4. The predicted octanol–water partition coefficient (Wildman–Crippen LogP) is 3.69. The van der Waals surface area contributed by atoms with Gasteiger partial charge in [0.1, 0.15) is 11.8 Å². The van der Waals surface area contributed by atoms with E-state index in [0.717, 1.165) is 27.4 Å². The van der Waals surface area contributed by atoms with E-state index < -0.39 is 22.0 Å². The van der Waals surface area contributed by atoms with Crippen LogP contribution < -0.4 is 14.4 Å². The maximum Gasteiger partial charge on any atom is 0.244 e. The molecule has 0 heterocycles. The number of carbonyl (C=O) groups excluding carboxylic acids is 1. The molecule has 0 unspecified atom stereocenters. The Morgan fingerprint density at radius 2 is 1.75 bits per heavy atom. The fourth-order valence-corrected chi connectivity index (χ4v) is 4.18. The first-order chi connectivity index (χ1) is 13.0. The fraction of sp³-hybridized carbons (Fsp3) is 0.350. The Hall–Kier alpha value is -2.25. The van der Waals surface area contributed by atoms with Crippen LogP contribution >= 0.6 is 11.6 Å². The molecule has 1 N–H and O–H groups in total. The van der Waals surface area contributed by atoms with Crippen LogP contribution in [0.3, 0.4) is 0 Å². The minimum Gasteiger partial charge on any atom is -0.497 e. The number of halogens is 1. The number of benzene rings is 2. The molecule has 152 valence electrons. The van der Waals surface area contributed by atoms with Crippen LogP contribution in [0.1, 0.15) is 31.0 Å². The van der Waals surface area contributed by atoms with E-state index in [1.54, 1.807) is 44.4 Å². The van der Waals surface area contributed by atoms with Gasteiger partial charge in [-0.3, -0.25) is 9.10 Å². The second kappa shape index (κ2) is 8.84. The predicted molar refractivity (Wildman–Crippen MR) is 113 cm³/mol. The second-order valence-corrected chi connectivity index (χ2v) is 8.94. The van der Waals surface area contributed by atoms with Crippen molar-refractivity contribution in [2.75, 3.05) is 17.7 Å². The van der Waals surface area contributed by atoms with Crippen LogP contribution in [0.25, 0.3) is 0 Å². The Labute approximate surface area is 171 Å². The van der Waals surface area contributed by atoms with Crippen molar-refractivity contribution < 1.29 is 17.9 Å². The van der Waals surface area contributed by atoms with Gasteiger partial charge < -0.3 is 10.1 Å². The number of methoxy groups -OCH3 is 1. The summed E-state index contributed by atoms with van der Waals surface area (Å²) >= 11 is 6.15. The van der Waals surface area contributed by atoms with Crippen molar-refractivity contribution in [1.29, 1.82) is 0 Å². The number of nitrogens with one attached hydrogen (secondary N) is 1. The summed E-state index contributed by atoms with van der Waals surface area (Å²) in [6, 6.07) is 11.0. The monoisotopic (exact) mass is 424 g/mol. The van der Waals surface area contributed by atoms with E-state index in [2.05, 4.69) is 5.32 Å². The van der Waals surface area contributed by atoms with E-state index in [0.29, 0.717) is 10.7 Å². The third kappa shape index (κ3) is 5.17. The molecule has 0 aliphatic rings. The summed E-state index contributed by atoms with van der Waals surface area (Å²) in [5.41, 5.74) is 2.05. The number of rotatable bonds is 7. The molecular formula is C20H25ClN2O4S. The largest absolute Gasteiger partial charge is 0.497 e. The fourth-order valence-electron chi connectivity index (χ4n) is 2.84. The first-order valence-electron chi connectivity index (χ1n) is 8.74. The zero-order valence-corrected chi connectivity index (χ0v) is 18.1. The lowest BCUT2D eigenvalue weighted by Crippen LogP contribution is -2.48. The van der Waals surface area contributed by atoms with Gasteiger partial charge in [0, 0.05) is 5.02 Å². The molecule has 0 fully saturated rings. The molecule has 0 spiro atoms. The molecule has 6 nitrogen and oxygen atoms in total. The van der Waals surface area contributed by atoms with E-state index in [4.69, 9.17) is 16.3 Å². The van der Waals surface area contributed by atoms with Gasteiger partial charge in [0.25, 0.3) is 0 Å².